The van der Waals surface area contributed by atoms with Gasteiger partial charge in [0.15, 0.2) is 5.43 Å². The Morgan fingerprint density at radius 2 is 1.67 bits per heavy atom. The van der Waals surface area contributed by atoms with Gasteiger partial charge in [0.25, 0.3) is 0 Å². The molecule has 0 amide bonds. The second kappa shape index (κ2) is 8.00. The summed E-state index contributed by atoms with van der Waals surface area (Å²) in [7, 11) is 0. The van der Waals surface area contributed by atoms with E-state index in [1.165, 1.54) is 0 Å². The summed E-state index contributed by atoms with van der Waals surface area (Å²) in [5, 5.41) is 4.74. The lowest BCUT2D eigenvalue weighted by molar-refractivity contribution is 0.605. The highest BCUT2D eigenvalue weighted by Crippen LogP contribution is 2.33. The third-order valence-electron chi connectivity index (χ3n) is 5.39. The van der Waals surface area contributed by atoms with E-state index in [1.54, 1.807) is 0 Å². The summed E-state index contributed by atoms with van der Waals surface area (Å²) in [4.78, 5) is 13.2. The first kappa shape index (κ1) is 20.2. The number of halogens is 1. The van der Waals surface area contributed by atoms with E-state index in [4.69, 9.17) is 16.0 Å². The monoisotopic (exact) mass is 417 g/mol. The summed E-state index contributed by atoms with van der Waals surface area (Å²) in [6.07, 6.45) is 0. The van der Waals surface area contributed by atoms with Crippen molar-refractivity contribution >= 4 is 28.3 Å². The number of anilines is 1. The van der Waals surface area contributed by atoms with Gasteiger partial charge in [-0.05, 0) is 57.0 Å². The number of nitrogens with one attached hydrogen (secondary N) is 1. The molecule has 4 aromatic rings. The normalized spacial score (nSPS) is 12.2. The summed E-state index contributed by atoms with van der Waals surface area (Å²) in [5.41, 5.74) is 6.01. The Kier molecular flexibility index (Phi) is 5.40. The lowest BCUT2D eigenvalue weighted by Crippen LogP contribution is -2.12. The Morgan fingerprint density at radius 1 is 0.933 bits per heavy atom. The van der Waals surface area contributed by atoms with E-state index < -0.39 is 0 Å². The molecule has 0 bridgehead atoms. The molecule has 1 aromatic heterocycles. The van der Waals surface area contributed by atoms with Crippen molar-refractivity contribution in [3.63, 3.8) is 0 Å². The van der Waals surface area contributed by atoms with Crippen LogP contribution >= 0.6 is 11.6 Å². The van der Waals surface area contributed by atoms with Crippen LogP contribution in [0.4, 0.5) is 5.69 Å². The average Bonchev–Trinajstić information content (AvgIpc) is 2.73. The predicted molar refractivity (Wildman–Crippen MR) is 126 cm³/mol. The van der Waals surface area contributed by atoms with Gasteiger partial charge in [-0.2, -0.15) is 0 Å². The van der Waals surface area contributed by atoms with Crippen molar-refractivity contribution in [1.29, 1.82) is 0 Å². The molecule has 4 rings (SSSR count). The molecule has 0 aliphatic rings. The van der Waals surface area contributed by atoms with Gasteiger partial charge in [0.1, 0.15) is 11.3 Å². The molecule has 3 nitrogen and oxygen atoms in total. The van der Waals surface area contributed by atoms with Crippen molar-refractivity contribution in [2.75, 3.05) is 5.32 Å². The Hall–Kier alpha value is -3.04. The first-order valence-corrected chi connectivity index (χ1v) is 10.4. The van der Waals surface area contributed by atoms with Gasteiger partial charge in [0.2, 0.25) is 0 Å². The van der Waals surface area contributed by atoms with Crippen LogP contribution in [0.15, 0.2) is 69.9 Å². The highest BCUT2D eigenvalue weighted by Gasteiger charge is 2.19. The average molecular weight is 418 g/mol. The molecule has 0 spiro atoms. The highest BCUT2D eigenvalue weighted by atomic mass is 35.5. The van der Waals surface area contributed by atoms with Crippen molar-refractivity contribution < 1.29 is 4.42 Å². The van der Waals surface area contributed by atoms with Gasteiger partial charge in [-0.3, -0.25) is 4.79 Å². The fourth-order valence-corrected chi connectivity index (χ4v) is 4.09. The predicted octanol–water partition coefficient (Wildman–Crippen LogP) is 7.21. The van der Waals surface area contributed by atoms with Crippen LogP contribution in [0.2, 0.25) is 5.02 Å². The maximum absolute atomic E-state index is 13.2. The fraction of sp³-hybridized carbons (Fsp3) is 0.192. The zero-order valence-corrected chi connectivity index (χ0v) is 18.3. The van der Waals surface area contributed by atoms with E-state index in [2.05, 4.69) is 11.4 Å². The molecular weight excluding hydrogens is 394 g/mol. The van der Waals surface area contributed by atoms with Crippen LogP contribution in [0, 0.1) is 20.8 Å². The molecule has 0 saturated carbocycles. The largest absolute Gasteiger partial charge is 0.455 e. The van der Waals surface area contributed by atoms with Gasteiger partial charge in [-0.1, -0.05) is 54.1 Å². The van der Waals surface area contributed by atoms with Gasteiger partial charge in [0, 0.05) is 16.7 Å². The molecule has 0 saturated heterocycles. The quantitative estimate of drug-likeness (QED) is 0.381. The number of hydrogen-bond acceptors (Lipinski definition) is 3. The number of hydrogen-bond donors (Lipinski definition) is 1. The van der Waals surface area contributed by atoms with Crippen molar-refractivity contribution in [2.45, 2.75) is 33.7 Å². The van der Waals surface area contributed by atoms with Gasteiger partial charge >= 0.3 is 0 Å². The van der Waals surface area contributed by atoms with Crippen LogP contribution in [0.1, 0.15) is 35.2 Å². The smallest absolute Gasteiger partial charge is 0.196 e. The van der Waals surface area contributed by atoms with E-state index in [1.807, 2.05) is 82.3 Å². The molecule has 1 N–H and O–H groups in total. The van der Waals surface area contributed by atoms with Crippen LogP contribution in [0.5, 0.6) is 0 Å². The minimum atomic E-state index is -0.109. The number of benzene rings is 3. The Balaban J connectivity index is 1.89. The molecule has 0 fully saturated rings. The minimum absolute atomic E-state index is 0.000575. The molecule has 0 radical (unpaired) electrons. The van der Waals surface area contributed by atoms with E-state index >= 15 is 0 Å². The fourth-order valence-electron chi connectivity index (χ4n) is 3.80. The molecule has 1 heterocycles. The van der Waals surface area contributed by atoms with Crippen LogP contribution in [-0.4, -0.2) is 0 Å². The van der Waals surface area contributed by atoms with Crippen LogP contribution < -0.4 is 10.7 Å². The van der Waals surface area contributed by atoms with E-state index in [0.717, 1.165) is 27.9 Å². The Labute approximate surface area is 181 Å². The van der Waals surface area contributed by atoms with Gasteiger partial charge in [0.05, 0.1) is 22.1 Å². The van der Waals surface area contributed by atoms with Crippen molar-refractivity contribution in [2.24, 2.45) is 0 Å². The summed E-state index contributed by atoms with van der Waals surface area (Å²) in [5.74, 6) is 0.610. The zero-order chi connectivity index (χ0) is 21.4. The molecule has 3 aromatic carbocycles. The standard InChI is InChI=1S/C26H24ClNO2/c1-15-10-11-23(22(27)14-15)28-18(4)20-12-16(2)13-21-24(29)17(3)25(30-26(20)21)19-8-6-5-7-9-19/h5-14,18,28H,1-4H3/t18-/m1/s1. The Bertz CT molecular complexity index is 1290. The lowest BCUT2D eigenvalue weighted by atomic mass is 9.98. The third kappa shape index (κ3) is 3.73. The maximum Gasteiger partial charge on any atom is 0.196 e. The van der Waals surface area contributed by atoms with E-state index in [-0.39, 0.29) is 11.5 Å². The first-order chi connectivity index (χ1) is 14.3. The molecule has 0 aliphatic carbocycles. The molecule has 0 unspecified atom stereocenters. The zero-order valence-electron chi connectivity index (χ0n) is 17.5. The van der Waals surface area contributed by atoms with Crippen molar-refractivity contribution in [1.82, 2.24) is 0 Å². The van der Waals surface area contributed by atoms with E-state index in [0.29, 0.717) is 27.3 Å². The molecule has 1 atom stereocenters. The minimum Gasteiger partial charge on any atom is -0.455 e. The first-order valence-electron chi connectivity index (χ1n) is 10.0. The van der Waals surface area contributed by atoms with Crippen LogP contribution in [0.25, 0.3) is 22.3 Å². The number of fused-ring (bicyclic) bond motifs is 1. The molecular formula is C26H24ClNO2. The summed E-state index contributed by atoms with van der Waals surface area (Å²) in [6, 6.07) is 19.5. The molecule has 30 heavy (non-hydrogen) atoms. The van der Waals surface area contributed by atoms with Gasteiger partial charge in [-0.25, -0.2) is 0 Å². The SMILES string of the molecule is Cc1ccc(N[C@H](C)c2cc(C)cc3c(=O)c(C)c(-c4ccccc4)oc23)c(Cl)c1. The molecule has 4 heteroatoms. The summed E-state index contributed by atoms with van der Waals surface area (Å²) in [6.45, 7) is 7.87. The molecule has 0 aliphatic heterocycles. The Morgan fingerprint density at radius 3 is 2.37 bits per heavy atom. The lowest BCUT2D eigenvalue weighted by Gasteiger charge is -2.19. The second-order valence-electron chi connectivity index (χ2n) is 7.83. The number of aryl methyl sites for hydroxylation is 2. The summed E-state index contributed by atoms with van der Waals surface area (Å²) < 4.78 is 6.38. The second-order valence-corrected chi connectivity index (χ2v) is 8.24. The summed E-state index contributed by atoms with van der Waals surface area (Å²) >= 11 is 6.43. The third-order valence-corrected chi connectivity index (χ3v) is 5.70. The topological polar surface area (TPSA) is 42.2 Å². The van der Waals surface area contributed by atoms with Crippen LogP contribution in [0.3, 0.4) is 0 Å². The van der Waals surface area contributed by atoms with E-state index in [9.17, 15) is 4.79 Å². The molecule has 152 valence electrons. The van der Waals surface area contributed by atoms with Gasteiger partial charge in [-0.15, -0.1) is 0 Å². The van der Waals surface area contributed by atoms with Crippen LogP contribution in [-0.2, 0) is 0 Å². The number of rotatable bonds is 4. The van der Waals surface area contributed by atoms with Crippen molar-refractivity contribution in [3.05, 3.63) is 98.2 Å². The maximum atomic E-state index is 13.2. The van der Waals surface area contributed by atoms with Gasteiger partial charge < -0.3 is 9.73 Å². The van der Waals surface area contributed by atoms with Crippen molar-refractivity contribution in [3.8, 4) is 11.3 Å². The highest BCUT2D eigenvalue weighted by molar-refractivity contribution is 6.33.